The van der Waals surface area contributed by atoms with Gasteiger partial charge in [0.25, 0.3) is 0 Å². The molecule has 3 fully saturated rings. The van der Waals surface area contributed by atoms with Crippen molar-refractivity contribution in [1.82, 2.24) is 4.90 Å². The molecule has 196 valence electrons. The summed E-state index contributed by atoms with van der Waals surface area (Å²) in [5, 5.41) is 10.2. The van der Waals surface area contributed by atoms with Crippen LogP contribution in [0.1, 0.15) is 75.8 Å². The van der Waals surface area contributed by atoms with E-state index < -0.39 is 17.7 Å². The molecule has 1 aliphatic carbocycles. The molecule has 2 unspecified atom stereocenters. The first-order chi connectivity index (χ1) is 17.2. The number of nitrogens with zero attached hydrogens (tertiary/aromatic N) is 1. The third-order valence-electron chi connectivity index (χ3n) is 8.70. The Hall–Kier alpha value is -2.28. The highest BCUT2D eigenvalue weighted by atomic mass is 19.4. The van der Waals surface area contributed by atoms with Crippen LogP contribution < -0.4 is 4.74 Å². The summed E-state index contributed by atoms with van der Waals surface area (Å²) in [6.07, 6.45) is 4.20. The van der Waals surface area contributed by atoms with E-state index in [1.807, 2.05) is 12.1 Å². The van der Waals surface area contributed by atoms with Crippen molar-refractivity contribution in [2.24, 2.45) is 11.8 Å². The molecule has 3 aliphatic rings. The van der Waals surface area contributed by atoms with Gasteiger partial charge in [0.05, 0.1) is 12.0 Å². The molecule has 7 heteroatoms. The topological polar surface area (TPSA) is 49.8 Å². The van der Waals surface area contributed by atoms with E-state index in [1.54, 1.807) is 12.1 Å². The van der Waals surface area contributed by atoms with Crippen LogP contribution in [0.25, 0.3) is 10.8 Å². The van der Waals surface area contributed by atoms with Crippen molar-refractivity contribution in [2.45, 2.75) is 95.5 Å². The van der Waals surface area contributed by atoms with E-state index in [4.69, 9.17) is 4.74 Å². The second kappa shape index (κ2) is 10.2. The van der Waals surface area contributed by atoms with Crippen LogP contribution in [0.5, 0.6) is 5.75 Å². The van der Waals surface area contributed by atoms with E-state index in [0.717, 1.165) is 76.3 Å². The standard InChI is InChI=1S/C29H36F3NO3/c1-18-4-10-24(11-5-18)36-26-13-7-20-15-19(6-12-25(20)27(26)29(30,31)32)3-2-14-33-22-8-9-23(33)17-21(16-22)28(34)35/h6-7,12-13,15,18,21-24H,2-5,8-11,14,16-17H2,1H3,(H,34,35). The van der Waals surface area contributed by atoms with Gasteiger partial charge in [-0.25, -0.2) is 0 Å². The van der Waals surface area contributed by atoms with E-state index in [1.165, 1.54) is 6.07 Å². The summed E-state index contributed by atoms with van der Waals surface area (Å²) in [6.45, 7) is 3.08. The molecule has 0 aromatic heterocycles. The van der Waals surface area contributed by atoms with Gasteiger partial charge in [0, 0.05) is 12.1 Å². The first kappa shape index (κ1) is 25.4. The van der Waals surface area contributed by atoms with Gasteiger partial charge in [-0.15, -0.1) is 0 Å². The Bertz CT molecular complexity index is 1080. The van der Waals surface area contributed by atoms with Crippen LogP contribution in [0.2, 0.25) is 0 Å². The predicted octanol–water partition coefficient (Wildman–Crippen LogP) is 7.08. The molecule has 2 bridgehead atoms. The monoisotopic (exact) mass is 503 g/mol. The fourth-order valence-corrected chi connectivity index (χ4v) is 6.74. The zero-order valence-electron chi connectivity index (χ0n) is 20.9. The maximum atomic E-state index is 14.1. The van der Waals surface area contributed by atoms with E-state index in [0.29, 0.717) is 23.4 Å². The zero-order chi connectivity index (χ0) is 25.4. The van der Waals surface area contributed by atoms with Crippen LogP contribution in [-0.4, -0.2) is 40.7 Å². The molecule has 2 heterocycles. The largest absolute Gasteiger partial charge is 0.490 e. The van der Waals surface area contributed by atoms with Crippen molar-refractivity contribution in [2.75, 3.05) is 6.54 Å². The van der Waals surface area contributed by atoms with Crippen LogP contribution in [0.4, 0.5) is 13.2 Å². The van der Waals surface area contributed by atoms with E-state index >= 15 is 0 Å². The number of halogens is 3. The van der Waals surface area contributed by atoms with Crippen molar-refractivity contribution in [1.29, 1.82) is 0 Å². The lowest BCUT2D eigenvalue weighted by molar-refractivity contribution is -0.144. The summed E-state index contributed by atoms with van der Waals surface area (Å²) in [6, 6.07) is 9.24. The van der Waals surface area contributed by atoms with Crippen molar-refractivity contribution < 1.29 is 27.8 Å². The smallest absolute Gasteiger partial charge is 0.420 e. The minimum absolute atomic E-state index is 0.0532. The lowest BCUT2D eigenvalue weighted by Crippen LogP contribution is -2.45. The van der Waals surface area contributed by atoms with Gasteiger partial charge >= 0.3 is 12.1 Å². The first-order valence-corrected chi connectivity index (χ1v) is 13.5. The van der Waals surface area contributed by atoms with Gasteiger partial charge in [-0.2, -0.15) is 13.2 Å². The summed E-state index contributed by atoms with van der Waals surface area (Å²) < 4.78 is 48.3. The molecule has 2 aromatic carbocycles. The molecule has 0 spiro atoms. The average Bonchev–Trinajstić information content (AvgIpc) is 3.06. The third-order valence-corrected chi connectivity index (χ3v) is 8.70. The van der Waals surface area contributed by atoms with Crippen molar-refractivity contribution in [3.05, 3.63) is 41.5 Å². The van der Waals surface area contributed by atoms with E-state index in [9.17, 15) is 23.1 Å². The number of ether oxygens (including phenoxy) is 1. The van der Waals surface area contributed by atoms with Crippen LogP contribution >= 0.6 is 0 Å². The quantitative estimate of drug-likeness (QED) is 0.439. The Morgan fingerprint density at radius 1 is 1.03 bits per heavy atom. The summed E-state index contributed by atoms with van der Waals surface area (Å²) in [7, 11) is 0. The summed E-state index contributed by atoms with van der Waals surface area (Å²) in [4.78, 5) is 13.9. The Labute approximate surface area is 210 Å². The van der Waals surface area contributed by atoms with Crippen molar-refractivity contribution in [3.63, 3.8) is 0 Å². The lowest BCUT2D eigenvalue weighted by atomic mass is 9.89. The number of hydrogen-bond acceptors (Lipinski definition) is 3. The Kier molecular flexibility index (Phi) is 7.21. The second-order valence-electron chi connectivity index (χ2n) is 11.2. The highest BCUT2D eigenvalue weighted by Crippen LogP contribution is 2.43. The summed E-state index contributed by atoms with van der Waals surface area (Å²) in [5.41, 5.74) is 0.362. The maximum absolute atomic E-state index is 14.1. The lowest BCUT2D eigenvalue weighted by Gasteiger charge is -2.37. The number of carbonyl (C=O) groups is 1. The molecule has 2 aliphatic heterocycles. The van der Waals surface area contributed by atoms with Crippen molar-refractivity contribution >= 4 is 16.7 Å². The molecular weight excluding hydrogens is 467 g/mol. The number of rotatable bonds is 7. The minimum atomic E-state index is -4.49. The molecule has 36 heavy (non-hydrogen) atoms. The van der Waals surface area contributed by atoms with E-state index in [2.05, 4.69) is 11.8 Å². The Morgan fingerprint density at radius 3 is 2.36 bits per heavy atom. The molecule has 4 nitrogen and oxygen atoms in total. The van der Waals surface area contributed by atoms with Gasteiger partial charge in [-0.05, 0) is 99.1 Å². The molecule has 1 saturated carbocycles. The Morgan fingerprint density at radius 2 is 1.72 bits per heavy atom. The zero-order valence-corrected chi connectivity index (χ0v) is 20.9. The first-order valence-electron chi connectivity index (χ1n) is 13.5. The number of carboxylic acid groups (broad SMARTS) is 1. The predicted molar refractivity (Wildman–Crippen MR) is 133 cm³/mol. The molecule has 2 aromatic rings. The van der Waals surface area contributed by atoms with Crippen LogP contribution in [0.15, 0.2) is 30.3 Å². The number of hydrogen-bond donors (Lipinski definition) is 1. The number of aryl methyl sites for hydroxylation is 1. The highest BCUT2D eigenvalue weighted by Gasteiger charge is 2.42. The molecule has 0 radical (unpaired) electrons. The van der Waals surface area contributed by atoms with Crippen LogP contribution in [-0.2, 0) is 17.4 Å². The second-order valence-corrected chi connectivity index (χ2v) is 11.2. The normalized spacial score (nSPS) is 28.9. The van der Waals surface area contributed by atoms with Gasteiger partial charge in [0.1, 0.15) is 11.3 Å². The van der Waals surface area contributed by atoms with Gasteiger partial charge in [-0.1, -0.05) is 31.2 Å². The van der Waals surface area contributed by atoms with E-state index in [-0.39, 0.29) is 23.2 Å². The molecule has 0 amide bonds. The van der Waals surface area contributed by atoms with Gasteiger partial charge in [0.2, 0.25) is 0 Å². The maximum Gasteiger partial charge on any atom is 0.420 e. The highest BCUT2D eigenvalue weighted by molar-refractivity contribution is 5.89. The third kappa shape index (κ3) is 5.36. The number of aliphatic carboxylic acids is 1. The van der Waals surface area contributed by atoms with Gasteiger partial charge in [-0.3, -0.25) is 9.69 Å². The fourth-order valence-electron chi connectivity index (χ4n) is 6.74. The molecular formula is C29H36F3NO3. The Balaban J connectivity index is 1.27. The number of piperidine rings is 1. The number of benzene rings is 2. The fraction of sp³-hybridized carbons (Fsp3) is 0.621. The molecule has 2 saturated heterocycles. The minimum Gasteiger partial charge on any atom is -0.490 e. The average molecular weight is 504 g/mol. The number of alkyl halides is 3. The van der Waals surface area contributed by atoms with Crippen LogP contribution in [0.3, 0.4) is 0 Å². The van der Waals surface area contributed by atoms with Gasteiger partial charge in [0.15, 0.2) is 0 Å². The molecule has 2 atom stereocenters. The molecule has 1 N–H and O–H groups in total. The SMILES string of the molecule is CC1CCC(Oc2ccc3cc(CCCN4C5CCC4CC(C(=O)O)C5)ccc3c2C(F)(F)F)CC1. The molecule has 5 rings (SSSR count). The number of carboxylic acids is 1. The van der Waals surface area contributed by atoms with Crippen molar-refractivity contribution in [3.8, 4) is 5.75 Å². The van der Waals surface area contributed by atoms with Crippen LogP contribution in [0, 0.1) is 11.8 Å². The summed E-state index contributed by atoms with van der Waals surface area (Å²) >= 11 is 0. The number of fused-ring (bicyclic) bond motifs is 3. The van der Waals surface area contributed by atoms with Gasteiger partial charge < -0.3 is 9.84 Å². The summed E-state index contributed by atoms with van der Waals surface area (Å²) in [5.74, 6) is -0.350.